The lowest BCUT2D eigenvalue weighted by Gasteiger charge is -2.14. The van der Waals surface area contributed by atoms with Crippen LogP contribution in [0.25, 0.3) is 0 Å². The van der Waals surface area contributed by atoms with Crippen LogP contribution in [0.1, 0.15) is 0 Å². The fraction of sp³-hybridized carbons (Fsp3) is 0.800. The van der Waals surface area contributed by atoms with Crippen LogP contribution in [0.15, 0.2) is 0 Å². The Morgan fingerprint density at radius 3 is 2.33 bits per heavy atom. The molecule has 0 bridgehead atoms. The van der Waals surface area contributed by atoms with Crippen molar-refractivity contribution in [1.82, 2.24) is 10.6 Å². The molecule has 1 aliphatic heterocycles. The summed E-state index contributed by atoms with van der Waals surface area (Å²) in [5.41, 5.74) is 0. The van der Waals surface area contributed by atoms with Crippen molar-refractivity contribution >= 4 is 17.3 Å². The first-order valence-electron chi connectivity index (χ1n) is 2.99. The lowest BCUT2D eigenvalue weighted by atomic mass is 10.6. The molecule has 0 aromatic heterocycles. The van der Waals surface area contributed by atoms with Crippen LogP contribution in [0, 0.1) is 0 Å². The molecule has 3 nitrogen and oxygen atoms in total. The molecule has 0 aromatic rings. The minimum atomic E-state index is 0.735. The van der Waals surface area contributed by atoms with E-state index in [0.29, 0.717) is 0 Å². The van der Waals surface area contributed by atoms with Crippen LogP contribution in [0.3, 0.4) is 0 Å². The fourth-order valence-electron chi connectivity index (χ4n) is 0.638. The molecule has 1 saturated heterocycles. The van der Waals surface area contributed by atoms with Crippen LogP contribution in [0.2, 0.25) is 0 Å². The van der Waals surface area contributed by atoms with Crippen LogP contribution >= 0.6 is 12.2 Å². The monoisotopic (exact) mass is 146 g/mol. The van der Waals surface area contributed by atoms with E-state index in [1.54, 1.807) is 0 Å². The third-order valence-corrected chi connectivity index (χ3v) is 1.35. The Morgan fingerprint density at radius 2 is 1.78 bits per heavy atom. The summed E-state index contributed by atoms with van der Waals surface area (Å²) in [7, 11) is 0. The van der Waals surface area contributed by atoms with Gasteiger partial charge in [0.05, 0.1) is 13.2 Å². The number of thiocarbonyl (C=S) groups is 1. The normalized spacial score (nSPS) is 21.1. The minimum Gasteiger partial charge on any atom is -0.378 e. The van der Waals surface area contributed by atoms with Crippen molar-refractivity contribution in [2.75, 3.05) is 26.3 Å². The molecule has 0 aromatic carbocycles. The third kappa shape index (κ3) is 2.62. The summed E-state index contributed by atoms with van der Waals surface area (Å²) in [4.78, 5) is 0. The third-order valence-electron chi connectivity index (χ3n) is 1.06. The second kappa shape index (κ2) is 3.63. The van der Waals surface area contributed by atoms with Gasteiger partial charge in [-0.15, -0.1) is 0 Å². The molecule has 1 rings (SSSR count). The molecule has 0 unspecified atom stereocenters. The van der Waals surface area contributed by atoms with Crippen molar-refractivity contribution < 1.29 is 4.74 Å². The van der Waals surface area contributed by atoms with Crippen molar-refractivity contribution in [1.29, 1.82) is 0 Å². The highest BCUT2D eigenvalue weighted by atomic mass is 32.1. The van der Waals surface area contributed by atoms with E-state index >= 15 is 0 Å². The van der Waals surface area contributed by atoms with Crippen molar-refractivity contribution in [3.63, 3.8) is 0 Å². The van der Waals surface area contributed by atoms with Gasteiger partial charge in [0, 0.05) is 13.1 Å². The first kappa shape index (κ1) is 6.77. The highest BCUT2D eigenvalue weighted by Gasteiger charge is 1.97. The van der Waals surface area contributed by atoms with E-state index in [-0.39, 0.29) is 0 Å². The predicted octanol–water partition coefficient (Wildman–Crippen LogP) is -0.519. The quantitative estimate of drug-likeness (QED) is 0.451. The lowest BCUT2D eigenvalue weighted by molar-refractivity contribution is 0.139. The Bertz CT molecular complexity index is 97.1. The topological polar surface area (TPSA) is 33.3 Å². The zero-order chi connectivity index (χ0) is 6.53. The molecule has 1 fully saturated rings. The Kier molecular flexibility index (Phi) is 2.73. The molecular weight excluding hydrogens is 136 g/mol. The molecule has 2 N–H and O–H groups in total. The predicted molar refractivity (Wildman–Crippen MR) is 39.4 cm³/mol. The zero-order valence-electron chi connectivity index (χ0n) is 5.14. The van der Waals surface area contributed by atoms with E-state index in [0.717, 1.165) is 31.4 Å². The standard InChI is InChI=1S/C5H10N2OS/c9-5-6-1-3-8-4-2-7-5/h1-4H2,(H2,6,7,9). The van der Waals surface area contributed by atoms with Gasteiger partial charge in [0.15, 0.2) is 5.11 Å². The van der Waals surface area contributed by atoms with Crippen LogP contribution in [-0.4, -0.2) is 31.4 Å². The zero-order valence-corrected chi connectivity index (χ0v) is 5.96. The Labute approximate surface area is 59.8 Å². The summed E-state index contributed by atoms with van der Waals surface area (Å²) in [6.07, 6.45) is 0. The van der Waals surface area contributed by atoms with E-state index in [2.05, 4.69) is 10.6 Å². The van der Waals surface area contributed by atoms with Gasteiger partial charge < -0.3 is 15.4 Å². The van der Waals surface area contributed by atoms with Gasteiger partial charge in [-0.05, 0) is 12.2 Å². The van der Waals surface area contributed by atoms with Crippen molar-refractivity contribution in [3.05, 3.63) is 0 Å². The van der Waals surface area contributed by atoms with Crippen LogP contribution in [0.4, 0.5) is 0 Å². The van der Waals surface area contributed by atoms with E-state index in [4.69, 9.17) is 17.0 Å². The smallest absolute Gasteiger partial charge is 0.166 e. The van der Waals surface area contributed by atoms with E-state index < -0.39 is 0 Å². The molecule has 1 aliphatic rings. The van der Waals surface area contributed by atoms with Crippen LogP contribution < -0.4 is 10.6 Å². The van der Waals surface area contributed by atoms with Crippen LogP contribution in [-0.2, 0) is 4.74 Å². The lowest BCUT2D eigenvalue weighted by Crippen LogP contribution is -2.41. The summed E-state index contributed by atoms with van der Waals surface area (Å²) < 4.78 is 5.14. The molecule has 0 spiro atoms. The molecule has 0 amide bonds. The van der Waals surface area contributed by atoms with Gasteiger partial charge in [-0.1, -0.05) is 0 Å². The van der Waals surface area contributed by atoms with Crippen molar-refractivity contribution in [2.45, 2.75) is 0 Å². The van der Waals surface area contributed by atoms with E-state index in [1.165, 1.54) is 0 Å². The first-order chi connectivity index (χ1) is 4.39. The number of hydrogen-bond donors (Lipinski definition) is 2. The van der Waals surface area contributed by atoms with E-state index in [1.807, 2.05) is 0 Å². The minimum absolute atomic E-state index is 0.735. The Balaban J connectivity index is 2.20. The molecule has 1 heterocycles. The largest absolute Gasteiger partial charge is 0.378 e. The second-order valence-corrected chi connectivity index (χ2v) is 2.20. The first-order valence-corrected chi connectivity index (χ1v) is 3.40. The summed E-state index contributed by atoms with van der Waals surface area (Å²) in [6.45, 7) is 3.13. The average molecular weight is 146 g/mol. The highest BCUT2D eigenvalue weighted by Crippen LogP contribution is 1.77. The highest BCUT2D eigenvalue weighted by molar-refractivity contribution is 7.80. The Morgan fingerprint density at radius 1 is 1.22 bits per heavy atom. The molecule has 0 radical (unpaired) electrons. The number of hydrogen-bond acceptors (Lipinski definition) is 2. The van der Waals surface area contributed by atoms with Crippen LogP contribution in [0.5, 0.6) is 0 Å². The van der Waals surface area contributed by atoms with Crippen molar-refractivity contribution in [2.24, 2.45) is 0 Å². The molecular formula is C5H10N2OS. The SMILES string of the molecule is S=C1NCCOCCN1. The second-order valence-electron chi connectivity index (χ2n) is 1.80. The average Bonchev–Trinajstić information content (AvgIpc) is 1.79. The van der Waals surface area contributed by atoms with Gasteiger partial charge in [0.1, 0.15) is 0 Å². The number of rotatable bonds is 0. The van der Waals surface area contributed by atoms with Crippen molar-refractivity contribution in [3.8, 4) is 0 Å². The summed E-state index contributed by atoms with van der Waals surface area (Å²) in [5, 5.41) is 6.69. The maximum Gasteiger partial charge on any atom is 0.166 e. The van der Waals surface area contributed by atoms with Gasteiger partial charge in [-0.25, -0.2) is 0 Å². The van der Waals surface area contributed by atoms with Gasteiger partial charge in [-0.2, -0.15) is 0 Å². The molecule has 0 aliphatic carbocycles. The van der Waals surface area contributed by atoms with Gasteiger partial charge in [0.25, 0.3) is 0 Å². The van der Waals surface area contributed by atoms with Gasteiger partial charge >= 0.3 is 0 Å². The number of nitrogens with one attached hydrogen (secondary N) is 2. The molecule has 0 saturated carbocycles. The Hall–Kier alpha value is -0.350. The maximum absolute atomic E-state index is 5.14. The summed E-state index contributed by atoms with van der Waals surface area (Å²) in [6, 6.07) is 0. The molecule has 4 heteroatoms. The fourth-order valence-corrected chi connectivity index (χ4v) is 0.842. The van der Waals surface area contributed by atoms with E-state index in [9.17, 15) is 0 Å². The maximum atomic E-state index is 5.14. The molecule has 9 heavy (non-hydrogen) atoms. The summed E-state index contributed by atoms with van der Waals surface area (Å²) in [5.74, 6) is 0. The van der Waals surface area contributed by atoms with Gasteiger partial charge in [-0.3, -0.25) is 0 Å². The molecule has 0 atom stereocenters. The van der Waals surface area contributed by atoms with Gasteiger partial charge in [0.2, 0.25) is 0 Å². The number of ether oxygens (including phenoxy) is 1. The summed E-state index contributed by atoms with van der Waals surface area (Å²) >= 11 is 4.87. The molecule has 52 valence electrons.